The van der Waals surface area contributed by atoms with E-state index < -0.39 is 0 Å². The van der Waals surface area contributed by atoms with Crippen molar-refractivity contribution in [2.24, 2.45) is 5.92 Å². The molecule has 1 heterocycles. The number of hydrogen-bond donors (Lipinski definition) is 1. The smallest absolute Gasteiger partial charge is 0.253 e. The van der Waals surface area contributed by atoms with Crippen LogP contribution in [0.5, 0.6) is 5.75 Å². The zero-order valence-electron chi connectivity index (χ0n) is 15.9. The third-order valence-electron chi connectivity index (χ3n) is 4.43. The average Bonchev–Trinajstić information content (AvgIpc) is 2.65. The first-order valence-corrected chi connectivity index (χ1v) is 9.03. The van der Waals surface area contributed by atoms with Gasteiger partial charge in [-0.15, -0.1) is 0 Å². The molecule has 140 valence electrons. The van der Waals surface area contributed by atoms with Crippen LogP contribution in [0.3, 0.4) is 0 Å². The predicted molar refractivity (Wildman–Crippen MR) is 108 cm³/mol. The number of aromatic nitrogens is 1. The summed E-state index contributed by atoms with van der Waals surface area (Å²) in [5, 5.41) is 0.943. The number of nitrogens with zero attached hydrogens (tertiary/aromatic N) is 1. The number of benzene rings is 2. The molecule has 0 aliphatic rings. The number of aromatic amines is 1. The SMILES string of the molecule is COc1ccc(N(Cc2cc3ccccc3[nH]c2=O)C(=O)CC(C)C)cc1. The summed E-state index contributed by atoms with van der Waals surface area (Å²) >= 11 is 0. The van der Waals surface area contributed by atoms with Crippen LogP contribution in [0.4, 0.5) is 5.69 Å². The molecule has 0 fully saturated rings. The van der Waals surface area contributed by atoms with Crippen LogP contribution in [0.25, 0.3) is 10.9 Å². The second kappa shape index (κ2) is 8.08. The molecule has 0 aliphatic heterocycles. The molecule has 0 unspecified atom stereocenters. The lowest BCUT2D eigenvalue weighted by Gasteiger charge is -2.24. The van der Waals surface area contributed by atoms with Crippen molar-refractivity contribution < 1.29 is 9.53 Å². The van der Waals surface area contributed by atoms with Crippen molar-refractivity contribution in [3.05, 3.63) is 70.5 Å². The standard InChI is InChI=1S/C22H24N2O3/c1-15(2)12-21(25)24(18-8-10-19(27-3)11-9-18)14-17-13-16-6-4-5-7-20(16)23-22(17)26/h4-11,13,15H,12,14H2,1-3H3,(H,23,26). The molecular weight excluding hydrogens is 340 g/mol. The molecule has 0 saturated heterocycles. The predicted octanol–water partition coefficient (Wildman–Crippen LogP) is 4.12. The zero-order chi connectivity index (χ0) is 19.4. The summed E-state index contributed by atoms with van der Waals surface area (Å²) in [5.74, 6) is 0.939. The highest BCUT2D eigenvalue weighted by molar-refractivity contribution is 5.93. The van der Waals surface area contributed by atoms with E-state index in [4.69, 9.17) is 4.74 Å². The van der Waals surface area contributed by atoms with E-state index in [-0.39, 0.29) is 23.9 Å². The van der Waals surface area contributed by atoms with Crippen LogP contribution in [0, 0.1) is 5.92 Å². The van der Waals surface area contributed by atoms with Crippen molar-refractivity contribution in [3.63, 3.8) is 0 Å². The molecule has 0 saturated carbocycles. The van der Waals surface area contributed by atoms with Gasteiger partial charge in [-0.1, -0.05) is 32.0 Å². The molecule has 27 heavy (non-hydrogen) atoms. The van der Waals surface area contributed by atoms with Gasteiger partial charge < -0.3 is 14.6 Å². The van der Waals surface area contributed by atoms with Crippen molar-refractivity contribution in [3.8, 4) is 5.75 Å². The molecule has 5 nitrogen and oxygen atoms in total. The third-order valence-corrected chi connectivity index (χ3v) is 4.43. The lowest BCUT2D eigenvalue weighted by Crippen LogP contribution is -2.33. The molecule has 3 rings (SSSR count). The Kier molecular flexibility index (Phi) is 5.60. The Labute approximate surface area is 158 Å². The highest BCUT2D eigenvalue weighted by Crippen LogP contribution is 2.23. The van der Waals surface area contributed by atoms with E-state index in [0.29, 0.717) is 12.0 Å². The van der Waals surface area contributed by atoms with Crippen LogP contribution >= 0.6 is 0 Å². The summed E-state index contributed by atoms with van der Waals surface area (Å²) in [6.45, 7) is 4.23. The first kappa shape index (κ1) is 18.7. The van der Waals surface area contributed by atoms with Crippen molar-refractivity contribution in [2.75, 3.05) is 12.0 Å². The maximum absolute atomic E-state index is 12.9. The molecule has 3 aromatic rings. The Morgan fingerprint density at radius 3 is 2.48 bits per heavy atom. The van der Waals surface area contributed by atoms with Gasteiger partial charge in [0.1, 0.15) is 5.75 Å². The second-order valence-corrected chi connectivity index (χ2v) is 6.99. The van der Waals surface area contributed by atoms with Gasteiger partial charge in [-0.3, -0.25) is 9.59 Å². The minimum absolute atomic E-state index is 0.0114. The number of rotatable bonds is 6. The lowest BCUT2D eigenvalue weighted by atomic mass is 10.1. The first-order valence-electron chi connectivity index (χ1n) is 9.03. The third kappa shape index (κ3) is 4.37. The first-order chi connectivity index (χ1) is 13.0. The number of H-pyrrole nitrogens is 1. The van der Waals surface area contributed by atoms with E-state index in [0.717, 1.165) is 22.3 Å². The fraction of sp³-hybridized carbons (Fsp3) is 0.273. The molecule has 1 N–H and O–H groups in total. The molecule has 0 radical (unpaired) electrons. The van der Waals surface area contributed by atoms with Crippen molar-refractivity contribution in [2.45, 2.75) is 26.8 Å². The Bertz CT molecular complexity index is 990. The summed E-state index contributed by atoms with van der Waals surface area (Å²) in [6.07, 6.45) is 0.414. The van der Waals surface area contributed by atoms with Crippen LogP contribution in [-0.4, -0.2) is 18.0 Å². The van der Waals surface area contributed by atoms with Gasteiger partial charge in [0.05, 0.1) is 13.7 Å². The fourth-order valence-corrected chi connectivity index (χ4v) is 3.03. The van der Waals surface area contributed by atoms with Crippen molar-refractivity contribution >= 4 is 22.5 Å². The number of pyridine rings is 1. The van der Waals surface area contributed by atoms with Crippen LogP contribution < -0.4 is 15.2 Å². The Balaban J connectivity index is 1.98. The number of carbonyl (C=O) groups excluding carboxylic acids is 1. The molecule has 5 heteroatoms. The second-order valence-electron chi connectivity index (χ2n) is 6.99. The van der Waals surface area contributed by atoms with Crippen LogP contribution in [0.15, 0.2) is 59.4 Å². The van der Waals surface area contributed by atoms with Crippen molar-refractivity contribution in [1.29, 1.82) is 0 Å². The van der Waals surface area contributed by atoms with Crippen LogP contribution in [0.1, 0.15) is 25.8 Å². The van der Waals surface area contributed by atoms with E-state index in [1.807, 2.05) is 68.4 Å². The van der Waals surface area contributed by atoms with E-state index in [9.17, 15) is 9.59 Å². The molecule has 1 aromatic heterocycles. The van der Waals surface area contributed by atoms with Gasteiger partial charge in [-0.25, -0.2) is 0 Å². The number of amides is 1. The van der Waals surface area contributed by atoms with E-state index in [2.05, 4.69) is 4.98 Å². The summed E-state index contributed by atoms with van der Waals surface area (Å²) in [5.41, 5.74) is 1.91. The Morgan fingerprint density at radius 1 is 1.11 bits per heavy atom. The molecule has 0 aliphatic carbocycles. The topological polar surface area (TPSA) is 62.4 Å². The fourth-order valence-electron chi connectivity index (χ4n) is 3.03. The number of hydrogen-bond acceptors (Lipinski definition) is 3. The van der Waals surface area contributed by atoms with Gasteiger partial charge in [0.25, 0.3) is 5.56 Å². The largest absolute Gasteiger partial charge is 0.497 e. The maximum atomic E-state index is 12.9. The normalized spacial score (nSPS) is 11.0. The van der Waals surface area contributed by atoms with Gasteiger partial charge in [0.2, 0.25) is 5.91 Å². The van der Waals surface area contributed by atoms with Gasteiger partial charge in [0, 0.05) is 23.2 Å². The van der Waals surface area contributed by atoms with Gasteiger partial charge in [-0.05, 0) is 47.7 Å². The molecule has 0 atom stereocenters. The van der Waals surface area contributed by atoms with Crippen LogP contribution in [0.2, 0.25) is 0 Å². The highest BCUT2D eigenvalue weighted by Gasteiger charge is 2.19. The number of anilines is 1. The summed E-state index contributed by atoms with van der Waals surface area (Å²) in [4.78, 5) is 30.0. The number of para-hydroxylation sites is 1. The minimum Gasteiger partial charge on any atom is -0.497 e. The Morgan fingerprint density at radius 2 is 1.81 bits per heavy atom. The number of fused-ring (bicyclic) bond motifs is 1. The minimum atomic E-state index is -0.176. The van der Waals surface area contributed by atoms with Crippen molar-refractivity contribution in [1.82, 2.24) is 4.98 Å². The molecular formula is C22H24N2O3. The number of ether oxygens (including phenoxy) is 1. The summed E-state index contributed by atoms with van der Waals surface area (Å²) in [7, 11) is 1.60. The van der Waals surface area contributed by atoms with Crippen LogP contribution in [-0.2, 0) is 11.3 Å². The molecule has 0 bridgehead atoms. The average molecular weight is 364 g/mol. The van der Waals surface area contributed by atoms with E-state index in [1.54, 1.807) is 12.0 Å². The molecule has 2 aromatic carbocycles. The molecule has 1 amide bonds. The number of carbonyl (C=O) groups is 1. The molecule has 0 spiro atoms. The summed E-state index contributed by atoms with van der Waals surface area (Å²) in [6, 6.07) is 16.8. The Hall–Kier alpha value is -3.08. The van der Waals surface area contributed by atoms with Gasteiger partial charge in [0.15, 0.2) is 0 Å². The maximum Gasteiger partial charge on any atom is 0.253 e. The number of methoxy groups -OCH3 is 1. The van der Waals surface area contributed by atoms with E-state index in [1.165, 1.54) is 0 Å². The highest BCUT2D eigenvalue weighted by atomic mass is 16.5. The summed E-state index contributed by atoms with van der Waals surface area (Å²) < 4.78 is 5.20. The lowest BCUT2D eigenvalue weighted by molar-refractivity contribution is -0.119. The van der Waals surface area contributed by atoms with E-state index >= 15 is 0 Å². The number of nitrogens with one attached hydrogen (secondary N) is 1. The zero-order valence-corrected chi connectivity index (χ0v) is 15.9. The van der Waals surface area contributed by atoms with Gasteiger partial charge >= 0.3 is 0 Å². The van der Waals surface area contributed by atoms with Gasteiger partial charge in [-0.2, -0.15) is 0 Å². The monoisotopic (exact) mass is 364 g/mol. The quantitative estimate of drug-likeness (QED) is 0.716.